The predicted molar refractivity (Wildman–Crippen MR) is 67.6 cm³/mol. The third kappa shape index (κ3) is 2.38. The maximum atomic E-state index is 13.9. The van der Waals surface area contributed by atoms with Crippen molar-refractivity contribution in [3.63, 3.8) is 0 Å². The minimum Gasteiger partial charge on any atom is -0.372 e. The summed E-state index contributed by atoms with van der Waals surface area (Å²) in [6.07, 6.45) is 2.52. The Morgan fingerprint density at radius 3 is 2.58 bits per heavy atom. The van der Waals surface area contributed by atoms with E-state index in [0.717, 1.165) is 32.0 Å². The SMILES string of the molecule is NCC(c1cccc(F)c1F)N1CC2CCC(C1)O2. The van der Waals surface area contributed by atoms with Crippen LogP contribution in [0.1, 0.15) is 24.4 Å². The first-order valence-electron chi connectivity index (χ1n) is 6.72. The summed E-state index contributed by atoms with van der Waals surface area (Å²) in [5, 5.41) is 0. The lowest BCUT2D eigenvalue weighted by Gasteiger charge is -2.37. The molecule has 2 saturated heterocycles. The Morgan fingerprint density at radius 1 is 1.26 bits per heavy atom. The summed E-state index contributed by atoms with van der Waals surface area (Å²) in [7, 11) is 0. The lowest BCUT2D eigenvalue weighted by Crippen LogP contribution is -2.46. The topological polar surface area (TPSA) is 38.5 Å². The van der Waals surface area contributed by atoms with E-state index < -0.39 is 11.6 Å². The van der Waals surface area contributed by atoms with Gasteiger partial charge >= 0.3 is 0 Å². The molecule has 2 fully saturated rings. The summed E-state index contributed by atoms with van der Waals surface area (Å²) in [5.74, 6) is -1.59. The number of hydrogen-bond donors (Lipinski definition) is 1. The van der Waals surface area contributed by atoms with Crippen LogP contribution in [-0.4, -0.2) is 36.7 Å². The number of ether oxygens (including phenoxy) is 1. The van der Waals surface area contributed by atoms with Gasteiger partial charge in [0.15, 0.2) is 11.6 Å². The first-order valence-corrected chi connectivity index (χ1v) is 6.72. The van der Waals surface area contributed by atoms with E-state index in [9.17, 15) is 8.78 Å². The van der Waals surface area contributed by atoms with Gasteiger partial charge in [-0.3, -0.25) is 4.90 Å². The van der Waals surface area contributed by atoms with E-state index in [0.29, 0.717) is 5.56 Å². The zero-order valence-corrected chi connectivity index (χ0v) is 10.7. The molecule has 2 aliphatic heterocycles. The maximum absolute atomic E-state index is 13.9. The summed E-state index contributed by atoms with van der Waals surface area (Å²) < 4.78 is 33.0. The number of halogens is 2. The van der Waals surface area contributed by atoms with Crippen LogP contribution in [0, 0.1) is 11.6 Å². The Balaban J connectivity index is 1.86. The fraction of sp³-hybridized carbons (Fsp3) is 0.571. The molecule has 3 atom stereocenters. The highest BCUT2D eigenvalue weighted by atomic mass is 19.2. The summed E-state index contributed by atoms with van der Waals surface area (Å²) in [4.78, 5) is 2.13. The van der Waals surface area contributed by atoms with Crippen LogP contribution in [0.15, 0.2) is 18.2 Å². The van der Waals surface area contributed by atoms with Crippen molar-refractivity contribution >= 4 is 0 Å². The molecule has 3 rings (SSSR count). The molecule has 0 aromatic heterocycles. The minimum atomic E-state index is -0.813. The van der Waals surface area contributed by atoms with E-state index in [2.05, 4.69) is 4.90 Å². The standard InChI is InChI=1S/C14H18F2N2O/c15-12-3-1-2-11(14(12)16)13(6-17)18-7-9-4-5-10(8-18)19-9/h1-3,9-10,13H,4-8,17H2. The third-order valence-electron chi connectivity index (χ3n) is 4.08. The van der Waals surface area contributed by atoms with Crippen LogP contribution in [0.2, 0.25) is 0 Å². The summed E-state index contributed by atoms with van der Waals surface area (Å²) >= 11 is 0. The van der Waals surface area contributed by atoms with Gasteiger partial charge in [-0.15, -0.1) is 0 Å². The third-order valence-corrected chi connectivity index (χ3v) is 4.08. The molecule has 0 radical (unpaired) electrons. The van der Waals surface area contributed by atoms with Gasteiger partial charge in [0.2, 0.25) is 0 Å². The Morgan fingerprint density at radius 2 is 1.95 bits per heavy atom. The second kappa shape index (κ2) is 5.15. The lowest BCUT2D eigenvalue weighted by molar-refractivity contribution is -0.0525. The van der Waals surface area contributed by atoms with Gasteiger partial charge in [0.05, 0.1) is 18.2 Å². The lowest BCUT2D eigenvalue weighted by atomic mass is 10.0. The molecule has 5 heteroatoms. The molecular weight excluding hydrogens is 250 g/mol. The van der Waals surface area contributed by atoms with Crippen molar-refractivity contribution in [2.75, 3.05) is 19.6 Å². The van der Waals surface area contributed by atoms with Crippen LogP contribution in [0.25, 0.3) is 0 Å². The van der Waals surface area contributed by atoms with Crippen LogP contribution in [0.3, 0.4) is 0 Å². The molecule has 3 nitrogen and oxygen atoms in total. The molecule has 2 aliphatic rings. The van der Waals surface area contributed by atoms with Crippen LogP contribution >= 0.6 is 0 Å². The number of fused-ring (bicyclic) bond motifs is 2. The average Bonchev–Trinajstić information content (AvgIpc) is 2.74. The molecule has 0 saturated carbocycles. The van der Waals surface area contributed by atoms with Crippen LogP contribution in [0.4, 0.5) is 8.78 Å². The van der Waals surface area contributed by atoms with Crippen molar-refractivity contribution < 1.29 is 13.5 Å². The summed E-state index contributed by atoms with van der Waals surface area (Å²) in [6, 6.07) is 4.01. The molecule has 0 spiro atoms. The number of rotatable bonds is 3. The van der Waals surface area contributed by atoms with Crippen molar-refractivity contribution in [2.45, 2.75) is 31.1 Å². The molecule has 3 unspecified atom stereocenters. The normalized spacial score (nSPS) is 28.6. The Kier molecular flexibility index (Phi) is 3.52. The minimum absolute atomic E-state index is 0.212. The molecule has 1 aromatic carbocycles. The van der Waals surface area contributed by atoms with Gasteiger partial charge in [-0.1, -0.05) is 12.1 Å². The highest BCUT2D eigenvalue weighted by Gasteiger charge is 2.37. The first-order chi connectivity index (χ1) is 9.19. The van der Waals surface area contributed by atoms with E-state index in [4.69, 9.17) is 10.5 Å². The zero-order valence-electron chi connectivity index (χ0n) is 10.7. The molecular formula is C14H18F2N2O. The second-order valence-electron chi connectivity index (χ2n) is 5.31. The number of nitrogens with two attached hydrogens (primary N) is 1. The van der Waals surface area contributed by atoms with Crippen molar-refractivity contribution in [3.05, 3.63) is 35.4 Å². The van der Waals surface area contributed by atoms with Gasteiger partial charge in [-0.05, 0) is 18.9 Å². The van der Waals surface area contributed by atoms with Crippen LogP contribution in [0.5, 0.6) is 0 Å². The number of benzene rings is 1. The quantitative estimate of drug-likeness (QED) is 0.909. The van der Waals surface area contributed by atoms with Crippen molar-refractivity contribution in [3.8, 4) is 0 Å². The number of likely N-dealkylation sites (tertiary alicyclic amines) is 1. The van der Waals surface area contributed by atoms with E-state index in [-0.39, 0.29) is 24.8 Å². The second-order valence-corrected chi connectivity index (χ2v) is 5.31. The number of morpholine rings is 1. The molecule has 19 heavy (non-hydrogen) atoms. The Bertz CT molecular complexity index is 457. The van der Waals surface area contributed by atoms with Crippen molar-refractivity contribution in [1.29, 1.82) is 0 Å². The van der Waals surface area contributed by atoms with Crippen molar-refractivity contribution in [1.82, 2.24) is 4.90 Å². The summed E-state index contributed by atoms with van der Waals surface area (Å²) in [6.45, 7) is 1.77. The van der Waals surface area contributed by atoms with Gasteiger partial charge in [0.25, 0.3) is 0 Å². The number of nitrogens with zero attached hydrogens (tertiary/aromatic N) is 1. The van der Waals surface area contributed by atoms with E-state index in [1.165, 1.54) is 6.07 Å². The highest BCUT2D eigenvalue weighted by Crippen LogP contribution is 2.32. The highest BCUT2D eigenvalue weighted by molar-refractivity contribution is 5.23. The molecule has 0 amide bonds. The molecule has 2 N–H and O–H groups in total. The van der Waals surface area contributed by atoms with E-state index in [1.54, 1.807) is 6.07 Å². The van der Waals surface area contributed by atoms with Crippen LogP contribution < -0.4 is 5.73 Å². The predicted octanol–water partition coefficient (Wildman–Crippen LogP) is 1.83. The zero-order chi connectivity index (χ0) is 13.4. The largest absolute Gasteiger partial charge is 0.372 e. The molecule has 2 heterocycles. The maximum Gasteiger partial charge on any atom is 0.163 e. The Labute approximate surface area is 111 Å². The fourth-order valence-electron chi connectivity index (χ4n) is 3.15. The monoisotopic (exact) mass is 268 g/mol. The van der Waals surface area contributed by atoms with Crippen LogP contribution in [-0.2, 0) is 4.74 Å². The van der Waals surface area contributed by atoms with Gasteiger partial charge in [0.1, 0.15) is 0 Å². The Hall–Kier alpha value is -1.04. The first kappa shape index (κ1) is 13.0. The average molecular weight is 268 g/mol. The number of hydrogen-bond acceptors (Lipinski definition) is 3. The fourth-order valence-corrected chi connectivity index (χ4v) is 3.15. The summed E-state index contributed by atoms with van der Waals surface area (Å²) in [5.41, 5.74) is 6.15. The molecule has 104 valence electrons. The smallest absolute Gasteiger partial charge is 0.163 e. The molecule has 1 aromatic rings. The van der Waals surface area contributed by atoms with Gasteiger partial charge in [-0.25, -0.2) is 8.78 Å². The van der Waals surface area contributed by atoms with Gasteiger partial charge < -0.3 is 10.5 Å². The molecule has 0 aliphatic carbocycles. The van der Waals surface area contributed by atoms with E-state index >= 15 is 0 Å². The van der Waals surface area contributed by atoms with Gasteiger partial charge in [-0.2, -0.15) is 0 Å². The van der Waals surface area contributed by atoms with E-state index in [1.807, 2.05) is 0 Å². The van der Waals surface area contributed by atoms with Crippen molar-refractivity contribution in [2.24, 2.45) is 5.73 Å². The van der Waals surface area contributed by atoms with Gasteiger partial charge in [0, 0.05) is 25.2 Å². The molecule has 2 bridgehead atoms.